The molecule has 0 spiro atoms. The predicted molar refractivity (Wildman–Crippen MR) is 177 cm³/mol. The van der Waals surface area contributed by atoms with Gasteiger partial charge in [0, 0.05) is 12.1 Å². The summed E-state index contributed by atoms with van der Waals surface area (Å²) in [5.41, 5.74) is 6.09. The second-order valence-electron chi connectivity index (χ2n) is 10.4. The number of thiazole rings is 2. The third-order valence-corrected chi connectivity index (χ3v) is 9.63. The Kier molecular flexibility index (Phi) is 7.68. The monoisotopic (exact) mass is 591 g/mol. The standard InChI is InChI=1S/2C18H13NOS.Be/c1-11-6-9-16-15(10-11)19-18(21-16)14-8-7-12-4-2-3-5-13(12)17(14)20;1-11-6-9-15-16(10-11)21-18(19-15)14-8-7-12-4-2-3-5-13(12)17(14)20;/h2*2-10,20H,1H3;/q;;+2. The minimum absolute atomic E-state index is 0. The summed E-state index contributed by atoms with van der Waals surface area (Å²) in [4.78, 5) is 6.74. The molecule has 8 rings (SSSR count). The molecule has 0 radical (unpaired) electrons. The molecular formula is C36H26BeN2O2S2+2. The Hall–Kier alpha value is -4.61. The minimum atomic E-state index is 0. The quantitative estimate of drug-likeness (QED) is 0.196. The maximum Gasteiger partial charge on any atom is 2.00 e. The Morgan fingerprint density at radius 2 is 1.02 bits per heavy atom. The fraction of sp³-hybridized carbons (Fsp3) is 0.0556. The molecule has 204 valence electrons. The van der Waals surface area contributed by atoms with Crippen molar-refractivity contribution in [2.24, 2.45) is 0 Å². The molecule has 0 atom stereocenters. The molecule has 0 amide bonds. The van der Waals surface area contributed by atoms with E-state index in [2.05, 4.69) is 60.2 Å². The summed E-state index contributed by atoms with van der Waals surface area (Å²) in [5.74, 6) is 0.181. The van der Waals surface area contributed by atoms with E-state index in [9.17, 15) is 10.2 Å². The Morgan fingerprint density at radius 1 is 0.512 bits per heavy atom. The zero-order valence-corrected chi connectivity index (χ0v) is 25.4. The first-order chi connectivity index (χ1) is 20.4. The smallest absolute Gasteiger partial charge is 0.871 e. The molecule has 0 unspecified atom stereocenters. The number of hydrogen-bond donors (Lipinski definition) is 0. The maximum absolute atomic E-state index is 12.7. The first-order valence-electron chi connectivity index (χ1n) is 13.7. The number of H-pyrrole nitrogens is 2. The van der Waals surface area contributed by atoms with Crippen molar-refractivity contribution >= 4 is 74.8 Å². The largest absolute Gasteiger partial charge is 2.00 e. The summed E-state index contributed by atoms with van der Waals surface area (Å²) >= 11 is 3.26. The third kappa shape index (κ3) is 5.37. The molecule has 0 aliphatic heterocycles. The number of aromatic nitrogens is 2. The number of aromatic amines is 2. The fourth-order valence-electron chi connectivity index (χ4n) is 5.25. The molecule has 7 heteroatoms. The van der Waals surface area contributed by atoms with E-state index in [-0.39, 0.29) is 21.6 Å². The summed E-state index contributed by atoms with van der Waals surface area (Å²) in [7, 11) is 0. The first kappa shape index (κ1) is 28.5. The van der Waals surface area contributed by atoms with E-state index in [1.807, 2.05) is 72.8 Å². The molecule has 0 aliphatic carbocycles. The maximum atomic E-state index is 12.7. The van der Waals surface area contributed by atoms with Crippen molar-refractivity contribution in [3.05, 3.63) is 120 Å². The molecule has 0 saturated carbocycles. The molecule has 0 saturated heterocycles. The van der Waals surface area contributed by atoms with Crippen molar-refractivity contribution in [1.29, 1.82) is 0 Å². The molecule has 2 N–H and O–H groups in total. The molecule has 2 aromatic heterocycles. The van der Waals surface area contributed by atoms with Gasteiger partial charge in [0.15, 0.2) is 0 Å². The zero-order chi connectivity index (χ0) is 28.8. The van der Waals surface area contributed by atoms with Crippen LogP contribution in [0.1, 0.15) is 11.1 Å². The van der Waals surface area contributed by atoms with Crippen molar-refractivity contribution in [2.75, 3.05) is 0 Å². The molecular weight excluding hydrogens is 566 g/mol. The van der Waals surface area contributed by atoms with Crippen LogP contribution in [0.2, 0.25) is 0 Å². The second kappa shape index (κ2) is 11.6. The topological polar surface area (TPSA) is 74.4 Å². The van der Waals surface area contributed by atoms with Gasteiger partial charge >= 0.3 is 10.1 Å². The first-order valence-corrected chi connectivity index (χ1v) is 15.3. The van der Waals surface area contributed by atoms with E-state index in [1.165, 1.54) is 20.5 Å². The van der Waals surface area contributed by atoms with Gasteiger partial charge in [-0.1, -0.05) is 107 Å². The Labute approximate surface area is 260 Å². The summed E-state index contributed by atoms with van der Waals surface area (Å²) in [6.07, 6.45) is 0. The molecule has 6 aromatic carbocycles. The number of fused-ring (bicyclic) bond motifs is 4. The van der Waals surface area contributed by atoms with Crippen molar-refractivity contribution in [2.45, 2.75) is 13.8 Å². The van der Waals surface area contributed by atoms with E-state index in [0.29, 0.717) is 0 Å². The zero-order valence-electron chi connectivity index (χ0n) is 23.7. The SMILES string of the molecule is Cc1ccc2[nH+]c(-c3ccc4ccccc4c3[O-])sc2c1.Cc1ccc2sc(-c3ccc4ccccc4c3[O-])[nH+]c2c1.[Be+2]. The van der Waals surface area contributed by atoms with Gasteiger partial charge < -0.3 is 10.2 Å². The Bertz CT molecular complexity index is 2110. The average Bonchev–Trinajstić information content (AvgIpc) is 3.61. The Balaban J connectivity index is 0.000000150. The molecule has 43 heavy (non-hydrogen) atoms. The third-order valence-electron chi connectivity index (χ3n) is 7.44. The van der Waals surface area contributed by atoms with Crippen molar-refractivity contribution in [3.8, 4) is 32.6 Å². The molecule has 4 nitrogen and oxygen atoms in total. The van der Waals surface area contributed by atoms with Gasteiger partial charge in [0.05, 0.1) is 11.1 Å². The molecule has 2 heterocycles. The van der Waals surface area contributed by atoms with Gasteiger partial charge in [-0.15, -0.1) is 0 Å². The van der Waals surface area contributed by atoms with Crippen molar-refractivity contribution in [3.63, 3.8) is 0 Å². The molecule has 0 bridgehead atoms. The van der Waals surface area contributed by atoms with Gasteiger partial charge in [0.1, 0.15) is 9.40 Å². The van der Waals surface area contributed by atoms with Crippen LogP contribution in [-0.4, -0.2) is 10.1 Å². The predicted octanol–water partition coefficient (Wildman–Crippen LogP) is 7.45. The normalized spacial score (nSPS) is 11.0. The summed E-state index contributed by atoms with van der Waals surface area (Å²) in [6, 6.07) is 35.9. The van der Waals surface area contributed by atoms with Crippen LogP contribution in [-0.2, 0) is 0 Å². The number of nitrogens with one attached hydrogen (secondary N) is 2. The van der Waals surface area contributed by atoms with Crippen LogP contribution in [0.15, 0.2) is 109 Å². The molecule has 0 fully saturated rings. The van der Waals surface area contributed by atoms with Crippen LogP contribution in [0.4, 0.5) is 0 Å². The van der Waals surface area contributed by atoms with Gasteiger partial charge in [-0.3, -0.25) is 0 Å². The Morgan fingerprint density at radius 3 is 1.65 bits per heavy atom. The number of rotatable bonds is 2. The number of benzene rings is 6. The van der Waals surface area contributed by atoms with Crippen molar-refractivity contribution < 1.29 is 20.2 Å². The van der Waals surface area contributed by atoms with Crippen LogP contribution < -0.4 is 20.2 Å². The second-order valence-corrected chi connectivity index (χ2v) is 12.5. The molecule has 0 aliphatic rings. The van der Waals surface area contributed by atoms with Gasteiger partial charge in [-0.05, 0) is 70.8 Å². The fourth-order valence-corrected chi connectivity index (χ4v) is 7.38. The van der Waals surface area contributed by atoms with Gasteiger partial charge in [0.25, 0.3) is 10.0 Å². The van der Waals surface area contributed by atoms with Crippen LogP contribution in [0, 0.1) is 13.8 Å². The molecule has 8 aromatic rings. The van der Waals surface area contributed by atoms with Crippen molar-refractivity contribution in [1.82, 2.24) is 0 Å². The van der Waals surface area contributed by atoms with Gasteiger partial charge in [-0.2, -0.15) is 9.97 Å². The van der Waals surface area contributed by atoms with Crippen LogP contribution in [0.5, 0.6) is 11.5 Å². The van der Waals surface area contributed by atoms with Crippen LogP contribution in [0.3, 0.4) is 0 Å². The van der Waals surface area contributed by atoms with E-state index in [4.69, 9.17) is 0 Å². The summed E-state index contributed by atoms with van der Waals surface area (Å²) in [5, 5.41) is 30.7. The average molecular weight is 592 g/mol. The summed E-state index contributed by atoms with van der Waals surface area (Å²) in [6.45, 7) is 4.15. The van der Waals surface area contributed by atoms with Gasteiger partial charge in [-0.25, -0.2) is 0 Å². The minimum Gasteiger partial charge on any atom is -0.871 e. The number of aryl methyl sites for hydroxylation is 2. The van der Waals surface area contributed by atoms with E-state index in [1.54, 1.807) is 22.7 Å². The summed E-state index contributed by atoms with van der Waals surface area (Å²) < 4.78 is 2.35. The number of hydrogen-bond acceptors (Lipinski definition) is 4. The van der Waals surface area contributed by atoms with Crippen LogP contribution >= 0.6 is 22.7 Å². The van der Waals surface area contributed by atoms with E-state index in [0.717, 1.165) is 53.7 Å². The van der Waals surface area contributed by atoms with Crippen LogP contribution in [0.25, 0.3) is 63.1 Å². The van der Waals surface area contributed by atoms with E-state index >= 15 is 0 Å². The van der Waals surface area contributed by atoms with Gasteiger partial charge in [0.2, 0.25) is 11.0 Å². The van der Waals surface area contributed by atoms with E-state index < -0.39 is 0 Å².